The average Bonchev–Trinajstić information content (AvgIpc) is 2.24. The summed E-state index contributed by atoms with van der Waals surface area (Å²) in [7, 11) is -3.75. The first-order chi connectivity index (χ1) is 7.97. The Morgan fingerprint density at radius 3 is 2.50 bits per heavy atom. The molecule has 0 spiro atoms. The van der Waals surface area contributed by atoms with Crippen LogP contribution in [0.25, 0.3) is 0 Å². The molecule has 7 heteroatoms. The molecule has 2 N–H and O–H groups in total. The predicted molar refractivity (Wildman–Crippen MR) is 72.1 cm³/mol. The summed E-state index contributed by atoms with van der Waals surface area (Å²) >= 11 is 0. The standard InChI is InChI=1S/C11H17FN2O2S.ClH/c1-3-13-6-7-14-17(15,16)11-5-4-9(2)8-10(11)12;/h4-5,8,13-14H,3,6-7H2,1-2H3;1H. The van der Waals surface area contributed by atoms with E-state index in [4.69, 9.17) is 0 Å². The van der Waals surface area contributed by atoms with Crippen molar-refractivity contribution in [1.82, 2.24) is 10.0 Å². The van der Waals surface area contributed by atoms with E-state index in [1.807, 2.05) is 6.92 Å². The molecular formula is C11H18ClFN2O2S. The van der Waals surface area contributed by atoms with Crippen molar-refractivity contribution in [3.05, 3.63) is 29.6 Å². The van der Waals surface area contributed by atoms with Crippen molar-refractivity contribution < 1.29 is 12.8 Å². The first kappa shape index (κ1) is 17.3. The van der Waals surface area contributed by atoms with Crippen LogP contribution in [-0.4, -0.2) is 28.1 Å². The molecule has 1 rings (SSSR count). The smallest absolute Gasteiger partial charge is 0.243 e. The van der Waals surface area contributed by atoms with Crippen molar-refractivity contribution in [2.75, 3.05) is 19.6 Å². The Kier molecular flexibility index (Phi) is 7.39. The van der Waals surface area contributed by atoms with Gasteiger partial charge in [0, 0.05) is 13.1 Å². The molecule has 4 nitrogen and oxygen atoms in total. The normalized spacial score (nSPS) is 11.1. The fourth-order valence-corrected chi connectivity index (χ4v) is 2.44. The zero-order valence-electron chi connectivity index (χ0n) is 10.4. The SMILES string of the molecule is CCNCCNS(=O)(=O)c1ccc(C)cc1F.Cl. The number of benzene rings is 1. The lowest BCUT2D eigenvalue weighted by atomic mass is 10.2. The Morgan fingerprint density at radius 1 is 1.28 bits per heavy atom. The molecular weight excluding hydrogens is 279 g/mol. The van der Waals surface area contributed by atoms with E-state index in [9.17, 15) is 12.8 Å². The Morgan fingerprint density at radius 2 is 1.94 bits per heavy atom. The molecule has 0 saturated heterocycles. The summed E-state index contributed by atoms with van der Waals surface area (Å²) in [6, 6.07) is 4.06. The van der Waals surface area contributed by atoms with Gasteiger partial charge < -0.3 is 5.32 Å². The maximum Gasteiger partial charge on any atom is 0.243 e. The predicted octanol–water partition coefficient (Wildman–Crippen LogP) is 1.44. The van der Waals surface area contributed by atoms with Crippen molar-refractivity contribution in [3.8, 4) is 0 Å². The number of nitrogens with one attached hydrogen (secondary N) is 2. The zero-order chi connectivity index (χ0) is 12.9. The Balaban J connectivity index is 0.00000289. The largest absolute Gasteiger partial charge is 0.316 e. The third-order valence-electron chi connectivity index (χ3n) is 2.22. The van der Waals surface area contributed by atoms with Crippen LogP contribution in [0.3, 0.4) is 0 Å². The van der Waals surface area contributed by atoms with E-state index in [0.29, 0.717) is 12.1 Å². The topological polar surface area (TPSA) is 58.2 Å². The fraction of sp³-hybridized carbons (Fsp3) is 0.455. The molecule has 0 heterocycles. The highest BCUT2D eigenvalue weighted by molar-refractivity contribution is 7.89. The van der Waals surface area contributed by atoms with Crippen molar-refractivity contribution >= 4 is 22.4 Å². The summed E-state index contributed by atoms with van der Waals surface area (Å²) in [5.74, 6) is -0.721. The number of sulfonamides is 1. The van der Waals surface area contributed by atoms with E-state index in [0.717, 1.165) is 6.54 Å². The molecule has 104 valence electrons. The number of hydrogen-bond donors (Lipinski definition) is 2. The Labute approximate surface area is 113 Å². The van der Waals surface area contributed by atoms with Crippen LogP contribution in [0.5, 0.6) is 0 Å². The van der Waals surface area contributed by atoms with E-state index >= 15 is 0 Å². The van der Waals surface area contributed by atoms with Gasteiger partial charge >= 0.3 is 0 Å². The molecule has 0 bridgehead atoms. The van der Waals surface area contributed by atoms with Crippen LogP contribution in [0.15, 0.2) is 23.1 Å². The summed E-state index contributed by atoms with van der Waals surface area (Å²) in [5.41, 5.74) is 0.689. The molecule has 0 atom stereocenters. The van der Waals surface area contributed by atoms with E-state index in [1.54, 1.807) is 13.0 Å². The molecule has 0 aromatic heterocycles. The molecule has 0 amide bonds. The van der Waals surface area contributed by atoms with E-state index in [-0.39, 0.29) is 23.8 Å². The first-order valence-electron chi connectivity index (χ1n) is 5.44. The van der Waals surface area contributed by atoms with Gasteiger partial charge in [0.25, 0.3) is 0 Å². The number of halogens is 2. The highest BCUT2D eigenvalue weighted by Crippen LogP contribution is 2.15. The number of aryl methyl sites for hydroxylation is 1. The van der Waals surface area contributed by atoms with Crippen LogP contribution < -0.4 is 10.0 Å². The lowest BCUT2D eigenvalue weighted by molar-refractivity contribution is 0.554. The molecule has 1 aromatic carbocycles. The van der Waals surface area contributed by atoms with Gasteiger partial charge in [-0.05, 0) is 31.2 Å². The number of rotatable bonds is 6. The molecule has 18 heavy (non-hydrogen) atoms. The van der Waals surface area contributed by atoms with Gasteiger partial charge in [0.15, 0.2) is 0 Å². The monoisotopic (exact) mass is 296 g/mol. The highest BCUT2D eigenvalue weighted by Gasteiger charge is 2.17. The molecule has 1 aromatic rings. The minimum atomic E-state index is -3.75. The van der Waals surface area contributed by atoms with Gasteiger partial charge in [0.05, 0.1) is 0 Å². The summed E-state index contributed by atoms with van der Waals surface area (Å²) in [4.78, 5) is -0.306. The van der Waals surface area contributed by atoms with Crippen LogP contribution in [0.1, 0.15) is 12.5 Å². The minimum absolute atomic E-state index is 0. The van der Waals surface area contributed by atoms with Crippen LogP contribution >= 0.6 is 12.4 Å². The van der Waals surface area contributed by atoms with Crippen LogP contribution in [0, 0.1) is 12.7 Å². The second-order valence-electron chi connectivity index (χ2n) is 3.69. The lowest BCUT2D eigenvalue weighted by Gasteiger charge is -2.08. The molecule has 0 aliphatic carbocycles. The van der Waals surface area contributed by atoms with Crippen molar-refractivity contribution in [3.63, 3.8) is 0 Å². The maximum absolute atomic E-state index is 13.5. The van der Waals surface area contributed by atoms with E-state index < -0.39 is 15.8 Å². The van der Waals surface area contributed by atoms with Crippen molar-refractivity contribution in [2.45, 2.75) is 18.7 Å². The molecule has 0 aliphatic rings. The van der Waals surface area contributed by atoms with Crippen LogP contribution in [0.4, 0.5) is 4.39 Å². The summed E-state index contributed by atoms with van der Waals surface area (Å²) < 4.78 is 39.3. The van der Waals surface area contributed by atoms with E-state index in [1.165, 1.54) is 12.1 Å². The highest BCUT2D eigenvalue weighted by atomic mass is 35.5. The average molecular weight is 297 g/mol. The van der Waals surface area contributed by atoms with Gasteiger partial charge in [-0.25, -0.2) is 17.5 Å². The molecule has 0 fully saturated rings. The van der Waals surface area contributed by atoms with Gasteiger partial charge in [-0.2, -0.15) is 0 Å². The third-order valence-corrected chi connectivity index (χ3v) is 3.72. The van der Waals surface area contributed by atoms with E-state index in [2.05, 4.69) is 10.0 Å². The van der Waals surface area contributed by atoms with Gasteiger partial charge in [0.2, 0.25) is 10.0 Å². The van der Waals surface area contributed by atoms with Gasteiger partial charge in [-0.15, -0.1) is 12.4 Å². The van der Waals surface area contributed by atoms with Crippen LogP contribution in [0.2, 0.25) is 0 Å². The van der Waals surface area contributed by atoms with Crippen LogP contribution in [-0.2, 0) is 10.0 Å². The summed E-state index contributed by atoms with van der Waals surface area (Å²) in [6.07, 6.45) is 0. The fourth-order valence-electron chi connectivity index (χ4n) is 1.35. The van der Waals surface area contributed by atoms with Gasteiger partial charge in [0.1, 0.15) is 10.7 Å². The quantitative estimate of drug-likeness (QED) is 0.781. The minimum Gasteiger partial charge on any atom is -0.316 e. The van der Waals surface area contributed by atoms with Gasteiger partial charge in [-0.3, -0.25) is 0 Å². The number of likely N-dealkylation sites (N-methyl/N-ethyl adjacent to an activating group) is 1. The second kappa shape index (κ2) is 7.68. The maximum atomic E-state index is 13.5. The first-order valence-corrected chi connectivity index (χ1v) is 6.92. The molecule has 0 unspecified atom stereocenters. The molecule has 0 saturated carbocycles. The zero-order valence-corrected chi connectivity index (χ0v) is 12.0. The Hall–Kier alpha value is -0.690. The third kappa shape index (κ3) is 4.89. The molecule has 0 aliphatic heterocycles. The summed E-state index contributed by atoms with van der Waals surface area (Å²) in [5, 5.41) is 2.98. The Bertz CT molecular complexity index is 480. The molecule has 0 radical (unpaired) electrons. The lowest BCUT2D eigenvalue weighted by Crippen LogP contribution is -2.32. The number of hydrogen-bond acceptors (Lipinski definition) is 3. The second-order valence-corrected chi connectivity index (χ2v) is 5.42. The van der Waals surface area contributed by atoms with Crippen molar-refractivity contribution in [2.24, 2.45) is 0 Å². The van der Waals surface area contributed by atoms with Crippen molar-refractivity contribution in [1.29, 1.82) is 0 Å². The van der Waals surface area contributed by atoms with Gasteiger partial charge in [-0.1, -0.05) is 13.0 Å². The summed E-state index contributed by atoms with van der Waals surface area (Å²) in [6.45, 7) is 5.15.